The molecule has 0 atom stereocenters. The number of hydrogen-bond donors (Lipinski definition) is 1. The summed E-state index contributed by atoms with van der Waals surface area (Å²) in [5.74, 6) is 0. The van der Waals surface area contributed by atoms with Crippen LogP contribution in [0.25, 0.3) is 0 Å². The van der Waals surface area contributed by atoms with Gasteiger partial charge in [0, 0.05) is 29.3 Å². The Morgan fingerprint density at radius 2 is 2.00 bits per heavy atom. The molecule has 2 nitrogen and oxygen atoms in total. The normalized spacial score (nSPS) is 17.9. The maximum atomic E-state index is 3.67. The van der Waals surface area contributed by atoms with Crippen LogP contribution in [0.2, 0.25) is 0 Å². The predicted octanol–water partition coefficient (Wildman–Crippen LogP) is 4.04. The predicted molar refractivity (Wildman–Crippen MR) is 82.3 cm³/mol. The molecule has 0 radical (unpaired) electrons. The quantitative estimate of drug-likeness (QED) is 0.902. The van der Waals surface area contributed by atoms with Crippen molar-refractivity contribution in [2.45, 2.75) is 39.2 Å². The molecule has 1 aromatic carbocycles. The molecule has 0 unspecified atom stereocenters. The van der Waals surface area contributed by atoms with Crippen molar-refractivity contribution in [3.05, 3.63) is 28.2 Å². The highest BCUT2D eigenvalue weighted by Gasteiger charge is 2.18. The molecule has 0 saturated carbocycles. The number of aryl methyl sites for hydroxylation is 1. The molecule has 100 valence electrons. The fraction of sp³-hybridized carbons (Fsp3) is 0.600. The van der Waals surface area contributed by atoms with E-state index < -0.39 is 0 Å². The van der Waals surface area contributed by atoms with Gasteiger partial charge in [0.25, 0.3) is 0 Å². The SMILES string of the molecule is CCCN1CCC(Nc2cc(C)cc(Br)c2)CC1. The third-order valence-electron chi connectivity index (χ3n) is 3.54. The zero-order chi connectivity index (χ0) is 13.0. The van der Waals surface area contributed by atoms with Crippen LogP contribution >= 0.6 is 15.9 Å². The fourth-order valence-electron chi connectivity index (χ4n) is 2.67. The van der Waals surface area contributed by atoms with E-state index in [1.165, 1.54) is 50.1 Å². The molecular formula is C15H23BrN2. The summed E-state index contributed by atoms with van der Waals surface area (Å²) in [6.07, 6.45) is 3.78. The maximum Gasteiger partial charge on any atom is 0.0356 e. The lowest BCUT2D eigenvalue weighted by Crippen LogP contribution is -2.39. The van der Waals surface area contributed by atoms with E-state index in [9.17, 15) is 0 Å². The third kappa shape index (κ3) is 3.99. The van der Waals surface area contributed by atoms with Crippen molar-refractivity contribution in [1.82, 2.24) is 4.90 Å². The number of anilines is 1. The van der Waals surface area contributed by atoms with Gasteiger partial charge in [-0.25, -0.2) is 0 Å². The summed E-state index contributed by atoms with van der Waals surface area (Å²) >= 11 is 3.56. The first-order valence-corrected chi connectivity index (χ1v) is 7.72. The Morgan fingerprint density at radius 1 is 1.28 bits per heavy atom. The Kier molecular flexibility index (Phi) is 5.07. The van der Waals surface area contributed by atoms with E-state index in [0.29, 0.717) is 6.04 Å². The molecule has 0 amide bonds. The van der Waals surface area contributed by atoms with Crippen LogP contribution in [-0.4, -0.2) is 30.6 Å². The van der Waals surface area contributed by atoms with Gasteiger partial charge in [-0.2, -0.15) is 0 Å². The molecular weight excluding hydrogens is 288 g/mol. The minimum Gasteiger partial charge on any atom is -0.382 e. The molecule has 18 heavy (non-hydrogen) atoms. The van der Waals surface area contributed by atoms with Crippen molar-refractivity contribution < 1.29 is 0 Å². The summed E-state index contributed by atoms with van der Waals surface area (Å²) in [6.45, 7) is 8.12. The van der Waals surface area contributed by atoms with Crippen molar-refractivity contribution in [3.8, 4) is 0 Å². The van der Waals surface area contributed by atoms with Gasteiger partial charge in [-0.3, -0.25) is 0 Å². The lowest BCUT2D eigenvalue weighted by Gasteiger charge is -2.32. The average Bonchev–Trinajstić information content (AvgIpc) is 2.31. The molecule has 1 fully saturated rings. The van der Waals surface area contributed by atoms with Gasteiger partial charge in [0.15, 0.2) is 0 Å². The number of nitrogens with zero attached hydrogens (tertiary/aromatic N) is 1. The van der Waals surface area contributed by atoms with Crippen molar-refractivity contribution in [1.29, 1.82) is 0 Å². The summed E-state index contributed by atoms with van der Waals surface area (Å²) in [6, 6.07) is 7.18. The third-order valence-corrected chi connectivity index (χ3v) is 4.00. The average molecular weight is 311 g/mol. The molecule has 1 N–H and O–H groups in total. The molecule has 0 bridgehead atoms. The van der Waals surface area contributed by atoms with Crippen LogP contribution in [0.1, 0.15) is 31.7 Å². The van der Waals surface area contributed by atoms with Gasteiger partial charge in [0.2, 0.25) is 0 Å². The number of likely N-dealkylation sites (tertiary alicyclic amines) is 1. The second kappa shape index (κ2) is 6.58. The van der Waals surface area contributed by atoms with E-state index >= 15 is 0 Å². The molecule has 1 aromatic rings. The van der Waals surface area contributed by atoms with Crippen LogP contribution in [0.4, 0.5) is 5.69 Å². The van der Waals surface area contributed by atoms with Gasteiger partial charge in [-0.05, 0) is 56.5 Å². The summed E-state index contributed by atoms with van der Waals surface area (Å²) in [4.78, 5) is 2.57. The van der Waals surface area contributed by atoms with Gasteiger partial charge in [0.05, 0.1) is 0 Å². The van der Waals surface area contributed by atoms with Crippen molar-refractivity contribution >= 4 is 21.6 Å². The van der Waals surface area contributed by atoms with Gasteiger partial charge in [-0.1, -0.05) is 22.9 Å². The van der Waals surface area contributed by atoms with E-state index in [-0.39, 0.29) is 0 Å². The molecule has 0 spiro atoms. The highest BCUT2D eigenvalue weighted by molar-refractivity contribution is 9.10. The maximum absolute atomic E-state index is 3.67. The number of rotatable bonds is 4. The minimum absolute atomic E-state index is 0.631. The highest BCUT2D eigenvalue weighted by atomic mass is 79.9. The van der Waals surface area contributed by atoms with Crippen LogP contribution in [0.15, 0.2) is 22.7 Å². The lowest BCUT2D eigenvalue weighted by molar-refractivity contribution is 0.219. The van der Waals surface area contributed by atoms with E-state index in [1.54, 1.807) is 0 Å². The van der Waals surface area contributed by atoms with Gasteiger partial charge >= 0.3 is 0 Å². The number of halogens is 1. The Bertz CT molecular complexity index is 364. The monoisotopic (exact) mass is 310 g/mol. The van der Waals surface area contributed by atoms with Crippen LogP contribution in [-0.2, 0) is 0 Å². The first kappa shape index (κ1) is 13.9. The largest absolute Gasteiger partial charge is 0.382 e. The lowest BCUT2D eigenvalue weighted by atomic mass is 10.0. The van der Waals surface area contributed by atoms with Crippen molar-refractivity contribution in [2.75, 3.05) is 25.0 Å². The number of piperidine rings is 1. The molecule has 0 aromatic heterocycles. The van der Waals surface area contributed by atoms with Crippen molar-refractivity contribution in [2.24, 2.45) is 0 Å². The van der Waals surface area contributed by atoms with E-state index in [2.05, 4.69) is 58.2 Å². The van der Waals surface area contributed by atoms with Crippen LogP contribution in [0.3, 0.4) is 0 Å². The van der Waals surface area contributed by atoms with E-state index in [1.807, 2.05) is 0 Å². The topological polar surface area (TPSA) is 15.3 Å². The smallest absolute Gasteiger partial charge is 0.0356 e. The van der Waals surface area contributed by atoms with Gasteiger partial charge in [-0.15, -0.1) is 0 Å². The standard InChI is InChI=1S/C15H23BrN2/c1-3-6-18-7-4-14(5-8-18)17-15-10-12(2)9-13(16)11-15/h9-11,14,17H,3-8H2,1-2H3. The Morgan fingerprint density at radius 3 is 2.61 bits per heavy atom. The van der Waals surface area contributed by atoms with Crippen molar-refractivity contribution in [3.63, 3.8) is 0 Å². The molecule has 1 saturated heterocycles. The van der Waals surface area contributed by atoms with Crippen LogP contribution < -0.4 is 5.32 Å². The molecule has 1 heterocycles. The number of nitrogens with one attached hydrogen (secondary N) is 1. The zero-order valence-corrected chi connectivity index (χ0v) is 13.0. The Balaban J connectivity index is 1.87. The van der Waals surface area contributed by atoms with Crippen LogP contribution in [0.5, 0.6) is 0 Å². The fourth-order valence-corrected chi connectivity index (χ4v) is 3.28. The second-order valence-corrected chi connectivity index (χ2v) is 6.19. The van der Waals surface area contributed by atoms with Gasteiger partial charge in [0.1, 0.15) is 0 Å². The van der Waals surface area contributed by atoms with Crippen LogP contribution in [0, 0.1) is 6.92 Å². The summed E-state index contributed by atoms with van der Waals surface area (Å²) in [7, 11) is 0. The zero-order valence-electron chi connectivity index (χ0n) is 11.4. The molecule has 0 aliphatic carbocycles. The second-order valence-electron chi connectivity index (χ2n) is 5.28. The molecule has 3 heteroatoms. The van der Waals surface area contributed by atoms with Gasteiger partial charge < -0.3 is 10.2 Å². The van der Waals surface area contributed by atoms with E-state index in [4.69, 9.17) is 0 Å². The Hall–Kier alpha value is -0.540. The summed E-state index contributed by atoms with van der Waals surface area (Å²) in [5, 5.41) is 3.67. The highest BCUT2D eigenvalue weighted by Crippen LogP contribution is 2.22. The Labute approximate surface area is 119 Å². The first-order valence-electron chi connectivity index (χ1n) is 6.93. The first-order chi connectivity index (χ1) is 8.67. The summed E-state index contributed by atoms with van der Waals surface area (Å²) in [5.41, 5.74) is 2.55. The number of hydrogen-bond acceptors (Lipinski definition) is 2. The molecule has 1 aliphatic heterocycles. The van der Waals surface area contributed by atoms with E-state index in [0.717, 1.165) is 4.47 Å². The molecule has 2 rings (SSSR count). The number of benzene rings is 1. The molecule has 1 aliphatic rings. The summed E-state index contributed by atoms with van der Waals surface area (Å²) < 4.78 is 1.16. The minimum atomic E-state index is 0.631.